The molecule has 0 aliphatic rings. The van der Waals surface area contributed by atoms with Gasteiger partial charge in [-0.25, -0.2) is 4.98 Å². The number of nitro groups is 1. The maximum atomic E-state index is 12.8. The minimum atomic E-state index is -0.680. The molecular weight excluding hydrogens is 465 g/mol. The summed E-state index contributed by atoms with van der Waals surface area (Å²) in [5.41, 5.74) is 0.300. The maximum absolute atomic E-state index is 12.8. The van der Waals surface area contributed by atoms with Crippen LogP contribution in [0.1, 0.15) is 27.7 Å². The number of thiazole rings is 1. The van der Waals surface area contributed by atoms with Crippen molar-refractivity contribution in [2.24, 2.45) is 0 Å². The first-order valence-corrected chi connectivity index (χ1v) is 10.6. The maximum Gasteiger partial charge on any atom is 0.286 e. The molecule has 0 fully saturated rings. The van der Waals surface area contributed by atoms with E-state index in [1.807, 2.05) is 6.07 Å². The molecule has 0 aliphatic heterocycles. The monoisotopic (exact) mass is 481 g/mol. The SMILES string of the molecule is CCOc1cc(C(=O)Nc2ncc(Cc3ccc(Cl)cc3Cl)s2)c([N+](=O)[O-])cc1OC. The van der Waals surface area contributed by atoms with Crippen LogP contribution in [0.4, 0.5) is 10.8 Å². The van der Waals surface area contributed by atoms with E-state index >= 15 is 0 Å². The molecule has 0 radical (unpaired) electrons. The Bertz CT molecular complexity index is 1140. The molecule has 0 aliphatic carbocycles. The van der Waals surface area contributed by atoms with Crippen LogP contribution in [0.3, 0.4) is 0 Å². The quantitative estimate of drug-likeness (QED) is 0.331. The van der Waals surface area contributed by atoms with Gasteiger partial charge in [0.1, 0.15) is 5.56 Å². The van der Waals surface area contributed by atoms with Gasteiger partial charge in [0, 0.05) is 33.6 Å². The Balaban J connectivity index is 1.83. The van der Waals surface area contributed by atoms with Crippen LogP contribution in [-0.4, -0.2) is 29.5 Å². The van der Waals surface area contributed by atoms with Crippen molar-refractivity contribution in [3.8, 4) is 11.5 Å². The standard InChI is InChI=1S/C20H17Cl2N3O5S/c1-3-30-18-8-14(16(25(27)28)9-17(18)29-2)19(26)24-20-23-10-13(31-20)6-11-4-5-12(21)7-15(11)22/h4-5,7-10H,3,6H2,1-2H3,(H,23,24,26). The number of nitrogens with zero attached hydrogens (tertiary/aromatic N) is 2. The normalized spacial score (nSPS) is 10.6. The minimum Gasteiger partial charge on any atom is -0.493 e. The number of anilines is 1. The van der Waals surface area contributed by atoms with Crippen LogP contribution in [0.5, 0.6) is 11.5 Å². The largest absolute Gasteiger partial charge is 0.493 e. The second-order valence-corrected chi connectivity index (χ2v) is 8.17. The lowest BCUT2D eigenvalue weighted by Crippen LogP contribution is -2.14. The van der Waals surface area contributed by atoms with Crippen molar-refractivity contribution in [2.75, 3.05) is 19.0 Å². The van der Waals surface area contributed by atoms with Gasteiger partial charge in [0.15, 0.2) is 16.6 Å². The summed E-state index contributed by atoms with van der Waals surface area (Å²) in [6, 6.07) is 7.67. The summed E-state index contributed by atoms with van der Waals surface area (Å²) in [5.74, 6) is -0.278. The van der Waals surface area contributed by atoms with Crippen LogP contribution in [0.2, 0.25) is 10.0 Å². The van der Waals surface area contributed by atoms with Gasteiger partial charge in [0.2, 0.25) is 0 Å². The molecule has 0 atom stereocenters. The summed E-state index contributed by atoms with van der Waals surface area (Å²) in [5, 5.41) is 15.4. The van der Waals surface area contributed by atoms with E-state index in [0.717, 1.165) is 16.5 Å². The fourth-order valence-corrected chi connectivity index (χ4v) is 4.08. The number of ether oxygens (including phenoxy) is 2. The molecule has 0 unspecified atom stereocenters. The lowest BCUT2D eigenvalue weighted by Gasteiger charge is -2.11. The number of methoxy groups -OCH3 is 1. The number of benzene rings is 2. The molecule has 0 saturated carbocycles. The molecule has 162 valence electrons. The second-order valence-electron chi connectivity index (χ2n) is 6.21. The lowest BCUT2D eigenvalue weighted by atomic mass is 10.1. The fraction of sp³-hybridized carbons (Fsp3) is 0.200. The van der Waals surface area contributed by atoms with Gasteiger partial charge in [-0.1, -0.05) is 29.3 Å². The molecule has 1 heterocycles. The first kappa shape index (κ1) is 22.8. The molecular formula is C20H17Cl2N3O5S. The van der Waals surface area contributed by atoms with Crippen molar-refractivity contribution >= 4 is 51.3 Å². The highest BCUT2D eigenvalue weighted by molar-refractivity contribution is 7.15. The molecule has 31 heavy (non-hydrogen) atoms. The van der Waals surface area contributed by atoms with Crippen LogP contribution in [0.25, 0.3) is 0 Å². The van der Waals surface area contributed by atoms with Crippen LogP contribution >= 0.6 is 34.5 Å². The molecule has 3 rings (SSSR count). The number of halogens is 2. The molecule has 0 saturated heterocycles. The van der Waals surface area contributed by atoms with Gasteiger partial charge in [-0.3, -0.25) is 20.2 Å². The molecule has 1 aromatic heterocycles. The summed E-state index contributed by atoms with van der Waals surface area (Å²) in [4.78, 5) is 28.6. The Hall–Kier alpha value is -2.88. The Kier molecular flexibility index (Phi) is 7.32. The van der Waals surface area contributed by atoms with E-state index in [9.17, 15) is 14.9 Å². The highest BCUT2D eigenvalue weighted by atomic mass is 35.5. The van der Waals surface area contributed by atoms with Crippen LogP contribution in [-0.2, 0) is 6.42 Å². The van der Waals surface area contributed by atoms with E-state index in [4.69, 9.17) is 32.7 Å². The van der Waals surface area contributed by atoms with E-state index in [2.05, 4.69) is 10.3 Å². The predicted octanol–water partition coefficient (Wildman–Crippen LogP) is 5.61. The number of aromatic nitrogens is 1. The molecule has 8 nitrogen and oxygen atoms in total. The predicted molar refractivity (Wildman–Crippen MR) is 120 cm³/mol. The molecule has 11 heteroatoms. The first-order valence-electron chi connectivity index (χ1n) is 9.01. The van der Waals surface area contributed by atoms with E-state index in [1.54, 1.807) is 25.3 Å². The Morgan fingerprint density at radius 3 is 2.68 bits per heavy atom. The van der Waals surface area contributed by atoms with Gasteiger partial charge >= 0.3 is 0 Å². The molecule has 1 N–H and O–H groups in total. The zero-order chi connectivity index (χ0) is 22.5. The number of rotatable bonds is 8. The van der Waals surface area contributed by atoms with E-state index < -0.39 is 16.5 Å². The van der Waals surface area contributed by atoms with Gasteiger partial charge in [-0.2, -0.15) is 0 Å². The number of hydrogen-bond acceptors (Lipinski definition) is 7. The smallest absolute Gasteiger partial charge is 0.286 e. The van der Waals surface area contributed by atoms with Gasteiger partial charge in [0.05, 0.1) is 24.7 Å². The zero-order valence-electron chi connectivity index (χ0n) is 16.5. The third-order valence-corrected chi connectivity index (χ3v) is 5.68. The summed E-state index contributed by atoms with van der Waals surface area (Å²) in [7, 11) is 1.37. The molecule has 1 amide bonds. The average molecular weight is 482 g/mol. The van der Waals surface area contributed by atoms with Crippen molar-refractivity contribution in [3.63, 3.8) is 0 Å². The van der Waals surface area contributed by atoms with E-state index in [0.29, 0.717) is 28.2 Å². The van der Waals surface area contributed by atoms with Crippen LogP contribution in [0, 0.1) is 10.1 Å². The number of carbonyl (C=O) groups is 1. The topological polar surface area (TPSA) is 104 Å². The third kappa shape index (κ3) is 5.43. The van der Waals surface area contributed by atoms with Crippen LogP contribution in [0.15, 0.2) is 36.5 Å². The number of hydrogen-bond donors (Lipinski definition) is 1. The third-order valence-electron chi connectivity index (χ3n) is 4.18. The van der Waals surface area contributed by atoms with Crippen molar-refractivity contribution in [3.05, 3.63) is 72.7 Å². The van der Waals surface area contributed by atoms with E-state index in [1.165, 1.54) is 24.5 Å². The minimum absolute atomic E-state index is 0.160. The van der Waals surface area contributed by atoms with Crippen molar-refractivity contribution in [1.82, 2.24) is 4.98 Å². The second kappa shape index (κ2) is 9.95. The van der Waals surface area contributed by atoms with Crippen LogP contribution < -0.4 is 14.8 Å². The Labute approximate surface area is 191 Å². The molecule has 3 aromatic rings. The number of carbonyl (C=O) groups excluding carboxylic acids is 1. The van der Waals surface area contributed by atoms with Crippen molar-refractivity contribution in [2.45, 2.75) is 13.3 Å². The molecule has 2 aromatic carbocycles. The Morgan fingerprint density at radius 2 is 2.03 bits per heavy atom. The van der Waals surface area contributed by atoms with E-state index in [-0.39, 0.29) is 17.1 Å². The fourth-order valence-electron chi connectivity index (χ4n) is 2.77. The molecule has 0 bridgehead atoms. The average Bonchev–Trinajstić information content (AvgIpc) is 3.16. The summed E-state index contributed by atoms with van der Waals surface area (Å²) in [6.45, 7) is 2.06. The van der Waals surface area contributed by atoms with Gasteiger partial charge in [0.25, 0.3) is 11.6 Å². The first-order chi connectivity index (χ1) is 14.8. The number of nitrogens with one attached hydrogen (secondary N) is 1. The molecule has 0 spiro atoms. The summed E-state index contributed by atoms with van der Waals surface area (Å²) >= 11 is 13.4. The van der Waals surface area contributed by atoms with Gasteiger partial charge < -0.3 is 9.47 Å². The van der Waals surface area contributed by atoms with Crippen molar-refractivity contribution < 1.29 is 19.2 Å². The zero-order valence-corrected chi connectivity index (χ0v) is 18.8. The Morgan fingerprint density at radius 1 is 1.26 bits per heavy atom. The number of nitro benzene ring substituents is 1. The van der Waals surface area contributed by atoms with Gasteiger partial charge in [-0.05, 0) is 24.6 Å². The summed E-state index contributed by atoms with van der Waals surface area (Å²) in [6.07, 6.45) is 2.11. The highest BCUT2D eigenvalue weighted by Gasteiger charge is 2.25. The highest BCUT2D eigenvalue weighted by Crippen LogP contribution is 2.35. The summed E-state index contributed by atoms with van der Waals surface area (Å²) < 4.78 is 10.6. The lowest BCUT2D eigenvalue weighted by molar-refractivity contribution is -0.385. The number of amides is 1. The van der Waals surface area contributed by atoms with Gasteiger partial charge in [-0.15, -0.1) is 11.3 Å². The van der Waals surface area contributed by atoms with Crippen molar-refractivity contribution in [1.29, 1.82) is 0 Å².